The molecule has 0 saturated carbocycles. The summed E-state index contributed by atoms with van der Waals surface area (Å²) in [4.78, 5) is 14.1. The Balaban J connectivity index is 0. The summed E-state index contributed by atoms with van der Waals surface area (Å²) in [6.07, 6.45) is 1.20. The average Bonchev–Trinajstić information content (AvgIpc) is 2.79. The number of rotatable bonds is 9. The second kappa shape index (κ2) is 13.6. The largest absolute Gasteiger partial charge is 0.383 e. The number of hydrogen-bond acceptors (Lipinski definition) is 4. The van der Waals surface area contributed by atoms with E-state index in [0.29, 0.717) is 19.1 Å². The minimum Gasteiger partial charge on any atom is -0.383 e. The van der Waals surface area contributed by atoms with Crippen molar-refractivity contribution < 1.29 is 9.53 Å². The Morgan fingerprint density at radius 3 is 2.71 bits per heavy atom. The van der Waals surface area contributed by atoms with Crippen LogP contribution in [0.4, 0.5) is 0 Å². The van der Waals surface area contributed by atoms with Crippen LogP contribution in [0.3, 0.4) is 0 Å². The average molecular weight is 344 g/mol. The van der Waals surface area contributed by atoms with Crippen molar-refractivity contribution in [3.63, 3.8) is 0 Å². The maximum absolute atomic E-state index is 11.6. The van der Waals surface area contributed by atoms with Crippen LogP contribution in [0.5, 0.6) is 0 Å². The lowest BCUT2D eigenvalue weighted by Crippen LogP contribution is -2.38. The van der Waals surface area contributed by atoms with E-state index in [2.05, 4.69) is 29.4 Å². The summed E-state index contributed by atoms with van der Waals surface area (Å²) in [5.74, 6) is 1.42. The summed E-state index contributed by atoms with van der Waals surface area (Å²) >= 11 is 0. The Kier molecular flexibility index (Phi) is 15.0. The standard InChI is InChI=1S/C14H29N3O2.2ClH/c1-12(2)10-17-6-4-13(11-17)8-16-14(18)9-15-5-7-19-3;;/h12-13,15H,4-11H2,1-3H3,(H,16,18);2*1H. The van der Waals surface area contributed by atoms with E-state index in [4.69, 9.17) is 4.74 Å². The van der Waals surface area contributed by atoms with Gasteiger partial charge < -0.3 is 20.3 Å². The molecule has 0 bridgehead atoms. The van der Waals surface area contributed by atoms with Crippen LogP contribution in [0.2, 0.25) is 0 Å². The quantitative estimate of drug-likeness (QED) is 0.617. The lowest BCUT2D eigenvalue weighted by atomic mass is 10.1. The van der Waals surface area contributed by atoms with Crippen molar-refractivity contribution in [3.8, 4) is 0 Å². The number of carbonyl (C=O) groups excluding carboxylic acids is 1. The zero-order valence-electron chi connectivity index (χ0n) is 13.4. The fourth-order valence-electron chi connectivity index (χ4n) is 2.46. The molecule has 1 aliphatic heterocycles. The number of amides is 1. The zero-order chi connectivity index (χ0) is 14.1. The van der Waals surface area contributed by atoms with Gasteiger partial charge in [-0.15, -0.1) is 24.8 Å². The Hall–Kier alpha value is -0.0700. The van der Waals surface area contributed by atoms with E-state index < -0.39 is 0 Å². The molecule has 0 aromatic rings. The molecule has 2 N–H and O–H groups in total. The summed E-state index contributed by atoms with van der Waals surface area (Å²) in [6, 6.07) is 0. The van der Waals surface area contributed by atoms with Gasteiger partial charge in [0.25, 0.3) is 0 Å². The second-order valence-corrected chi connectivity index (χ2v) is 5.78. The Labute approximate surface area is 141 Å². The molecule has 128 valence electrons. The Morgan fingerprint density at radius 1 is 1.38 bits per heavy atom. The van der Waals surface area contributed by atoms with Gasteiger partial charge in [-0.05, 0) is 24.8 Å². The highest BCUT2D eigenvalue weighted by Gasteiger charge is 2.22. The number of ether oxygens (including phenoxy) is 1. The van der Waals surface area contributed by atoms with Crippen LogP contribution in [0, 0.1) is 11.8 Å². The number of likely N-dealkylation sites (tertiary alicyclic amines) is 1. The van der Waals surface area contributed by atoms with Gasteiger partial charge in [-0.2, -0.15) is 0 Å². The van der Waals surface area contributed by atoms with E-state index >= 15 is 0 Å². The molecule has 1 fully saturated rings. The molecule has 1 atom stereocenters. The van der Waals surface area contributed by atoms with Crippen molar-refractivity contribution in [1.29, 1.82) is 0 Å². The molecule has 0 radical (unpaired) electrons. The summed E-state index contributed by atoms with van der Waals surface area (Å²) < 4.78 is 4.91. The normalized spacial score (nSPS) is 18.2. The van der Waals surface area contributed by atoms with E-state index in [1.54, 1.807) is 7.11 Å². The molecule has 0 aromatic carbocycles. The van der Waals surface area contributed by atoms with Crippen molar-refractivity contribution in [3.05, 3.63) is 0 Å². The third kappa shape index (κ3) is 11.2. The molecule has 1 unspecified atom stereocenters. The monoisotopic (exact) mass is 343 g/mol. The van der Waals surface area contributed by atoms with E-state index in [0.717, 1.165) is 25.6 Å². The number of methoxy groups -OCH3 is 1. The summed E-state index contributed by atoms with van der Waals surface area (Å²) in [5.41, 5.74) is 0. The minimum absolute atomic E-state index is 0. The number of carbonyl (C=O) groups is 1. The summed E-state index contributed by atoms with van der Waals surface area (Å²) in [7, 11) is 1.66. The predicted octanol–water partition coefficient (Wildman–Crippen LogP) is 1.16. The van der Waals surface area contributed by atoms with Crippen LogP contribution in [0.25, 0.3) is 0 Å². The SMILES string of the molecule is COCCNCC(=O)NCC1CCN(CC(C)C)C1.Cl.Cl. The number of halogens is 2. The molecule has 1 saturated heterocycles. The third-order valence-corrected chi connectivity index (χ3v) is 3.35. The fourth-order valence-corrected chi connectivity index (χ4v) is 2.46. The van der Waals surface area contributed by atoms with Gasteiger partial charge in [-0.25, -0.2) is 0 Å². The van der Waals surface area contributed by atoms with Crippen LogP contribution in [-0.2, 0) is 9.53 Å². The van der Waals surface area contributed by atoms with Gasteiger partial charge in [0, 0.05) is 33.3 Å². The van der Waals surface area contributed by atoms with Crippen molar-refractivity contribution in [1.82, 2.24) is 15.5 Å². The minimum atomic E-state index is 0. The molecule has 1 aliphatic rings. The summed E-state index contributed by atoms with van der Waals surface area (Å²) in [6.45, 7) is 10.5. The number of nitrogens with zero attached hydrogens (tertiary/aromatic N) is 1. The topological polar surface area (TPSA) is 53.6 Å². The van der Waals surface area contributed by atoms with Crippen molar-refractivity contribution >= 4 is 30.7 Å². The molecule has 1 amide bonds. The van der Waals surface area contributed by atoms with Gasteiger partial charge in [-0.1, -0.05) is 13.8 Å². The molecule has 1 heterocycles. The predicted molar refractivity (Wildman–Crippen MR) is 91.6 cm³/mol. The zero-order valence-corrected chi connectivity index (χ0v) is 15.0. The van der Waals surface area contributed by atoms with Gasteiger partial charge in [0.05, 0.1) is 13.2 Å². The molecule has 5 nitrogen and oxygen atoms in total. The first-order valence-corrected chi connectivity index (χ1v) is 7.30. The van der Waals surface area contributed by atoms with Crippen LogP contribution < -0.4 is 10.6 Å². The van der Waals surface area contributed by atoms with Gasteiger partial charge >= 0.3 is 0 Å². The highest BCUT2D eigenvalue weighted by molar-refractivity contribution is 5.85. The van der Waals surface area contributed by atoms with Gasteiger partial charge in [0.1, 0.15) is 0 Å². The van der Waals surface area contributed by atoms with Crippen LogP contribution in [-0.4, -0.2) is 63.8 Å². The van der Waals surface area contributed by atoms with E-state index in [1.165, 1.54) is 19.5 Å². The van der Waals surface area contributed by atoms with E-state index in [1.807, 2.05) is 0 Å². The van der Waals surface area contributed by atoms with Crippen LogP contribution in [0.15, 0.2) is 0 Å². The molecule has 1 rings (SSSR count). The Morgan fingerprint density at radius 2 is 2.10 bits per heavy atom. The van der Waals surface area contributed by atoms with Crippen molar-refractivity contribution in [2.24, 2.45) is 11.8 Å². The lowest BCUT2D eigenvalue weighted by molar-refractivity contribution is -0.120. The maximum Gasteiger partial charge on any atom is 0.233 e. The maximum atomic E-state index is 11.6. The first-order chi connectivity index (χ1) is 9.11. The lowest BCUT2D eigenvalue weighted by Gasteiger charge is -2.18. The Bertz CT molecular complexity index is 269. The first-order valence-electron chi connectivity index (χ1n) is 7.30. The molecule has 0 aromatic heterocycles. The molecule has 0 aliphatic carbocycles. The van der Waals surface area contributed by atoms with E-state index in [-0.39, 0.29) is 30.7 Å². The highest BCUT2D eigenvalue weighted by Crippen LogP contribution is 2.16. The third-order valence-electron chi connectivity index (χ3n) is 3.35. The van der Waals surface area contributed by atoms with Crippen molar-refractivity contribution in [2.75, 3.05) is 53.0 Å². The molecule has 21 heavy (non-hydrogen) atoms. The smallest absolute Gasteiger partial charge is 0.233 e. The first kappa shape index (κ1) is 23.2. The van der Waals surface area contributed by atoms with E-state index in [9.17, 15) is 4.79 Å². The number of hydrogen-bond donors (Lipinski definition) is 2. The summed E-state index contributed by atoms with van der Waals surface area (Å²) in [5, 5.41) is 6.06. The molecular weight excluding hydrogens is 313 g/mol. The van der Waals surface area contributed by atoms with Gasteiger partial charge in [-0.3, -0.25) is 4.79 Å². The van der Waals surface area contributed by atoms with Crippen molar-refractivity contribution in [2.45, 2.75) is 20.3 Å². The second-order valence-electron chi connectivity index (χ2n) is 5.78. The fraction of sp³-hybridized carbons (Fsp3) is 0.929. The highest BCUT2D eigenvalue weighted by atomic mass is 35.5. The van der Waals surface area contributed by atoms with Gasteiger partial charge in [0.15, 0.2) is 0 Å². The molecule has 0 spiro atoms. The molecule has 7 heteroatoms. The van der Waals surface area contributed by atoms with Crippen LogP contribution >= 0.6 is 24.8 Å². The number of nitrogens with one attached hydrogen (secondary N) is 2. The molecular formula is C14H31Cl2N3O2. The van der Waals surface area contributed by atoms with Crippen LogP contribution in [0.1, 0.15) is 20.3 Å². The van der Waals surface area contributed by atoms with Gasteiger partial charge in [0.2, 0.25) is 5.91 Å².